The average Bonchev–Trinajstić information content (AvgIpc) is 2.72. The molecule has 1 atom stereocenters. The van der Waals surface area contributed by atoms with Crippen molar-refractivity contribution < 1.29 is 18.7 Å². The van der Waals surface area contributed by atoms with Crippen LogP contribution in [-0.4, -0.2) is 35.4 Å². The van der Waals surface area contributed by atoms with Crippen LogP contribution in [0.25, 0.3) is 0 Å². The molecule has 0 aliphatic carbocycles. The molecule has 0 heterocycles. The third kappa shape index (κ3) is 7.08. The number of para-hydroxylation sites is 1. The smallest absolute Gasteiger partial charge is 0.261 e. The maximum absolute atomic E-state index is 13.4. The van der Waals surface area contributed by atoms with Gasteiger partial charge in [-0.3, -0.25) is 9.59 Å². The van der Waals surface area contributed by atoms with E-state index in [0.717, 1.165) is 11.1 Å². The summed E-state index contributed by atoms with van der Waals surface area (Å²) in [7, 11) is 0. The molecule has 32 heavy (non-hydrogen) atoms. The summed E-state index contributed by atoms with van der Waals surface area (Å²) < 4.78 is 19.3. The van der Waals surface area contributed by atoms with Crippen LogP contribution in [0.1, 0.15) is 59.1 Å². The molecule has 2 aromatic rings. The Morgan fingerprint density at radius 1 is 1.06 bits per heavy atom. The van der Waals surface area contributed by atoms with Gasteiger partial charge in [-0.25, -0.2) is 4.39 Å². The third-order valence-electron chi connectivity index (χ3n) is 5.13. The van der Waals surface area contributed by atoms with Crippen molar-refractivity contribution in [1.29, 1.82) is 0 Å². The average molecular weight is 443 g/mol. The van der Waals surface area contributed by atoms with Gasteiger partial charge >= 0.3 is 0 Å². The molecule has 0 aliphatic rings. The number of hydrogen-bond donors (Lipinski definition) is 1. The number of ether oxygens (including phenoxy) is 1. The topological polar surface area (TPSA) is 58.6 Å². The summed E-state index contributed by atoms with van der Waals surface area (Å²) in [6, 6.07) is 12.9. The van der Waals surface area contributed by atoms with E-state index in [-0.39, 0.29) is 42.2 Å². The van der Waals surface area contributed by atoms with E-state index in [2.05, 4.69) is 26.1 Å². The molecule has 0 fully saturated rings. The second-order valence-corrected chi connectivity index (χ2v) is 9.27. The number of carbonyl (C=O) groups is 2. The Labute approximate surface area is 191 Å². The summed E-state index contributed by atoms with van der Waals surface area (Å²) in [5.74, 6) is -0.218. The van der Waals surface area contributed by atoms with E-state index in [1.807, 2.05) is 45.0 Å². The van der Waals surface area contributed by atoms with Crippen LogP contribution in [0.3, 0.4) is 0 Å². The Bertz CT molecular complexity index is 904. The number of benzene rings is 2. The van der Waals surface area contributed by atoms with Crippen LogP contribution in [-0.2, 0) is 21.5 Å². The summed E-state index contributed by atoms with van der Waals surface area (Å²) in [5.41, 5.74) is 1.60. The lowest BCUT2D eigenvalue weighted by atomic mass is 9.86. The first-order valence-corrected chi connectivity index (χ1v) is 11.1. The summed E-state index contributed by atoms with van der Waals surface area (Å²) in [6.07, 6.45) is 0.448. The zero-order valence-electron chi connectivity index (χ0n) is 19.9. The fraction of sp³-hybridized carbons (Fsp3) is 0.462. The Morgan fingerprint density at radius 2 is 1.69 bits per heavy atom. The van der Waals surface area contributed by atoms with Gasteiger partial charge in [0.2, 0.25) is 5.91 Å². The number of amides is 2. The van der Waals surface area contributed by atoms with Crippen molar-refractivity contribution in [3.8, 4) is 5.75 Å². The number of halogens is 1. The minimum absolute atomic E-state index is 0.0470. The van der Waals surface area contributed by atoms with Gasteiger partial charge in [-0.15, -0.1) is 0 Å². The predicted molar refractivity (Wildman–Crippen MR) is 125 cm³/mol. The van der Waals surface area contributed by atoms with Crippen molar-refractivity contribution in [3.05, 3.63) is 65.5 Å². The molecule has 0 spiro atoms. The minimum atomic E-state index is -0.656. The zero-order valence-corrected chi connectivity index (χ0v) is 19.9. The molecule has 2 aromatic carbocycles. The van der Waals surface area contributed by atoms with Crippen LogP contribution in [0.5, 0.6) is 5.75 Å². The SMILES string of the molecule is CC[C@H](C(=O)NC(C)C)N(Cc1ccc(F)cc1)C(=O)COc1ccccc1C(C)(C)C. The number of nitrogens with zero attached hydrogens (tertiary/aromatic N) is 1. The summed E-state index contributed by atoms with van der Waals surface area (Å²) in [5, 5.41) is 2.89. The first kappa shape index (κ1) is 25.4. The van der Waals surface area contributed by atoms with E-state index < -0.39 is 6.04 Å². The molecule has 0 bridgehead atoms. The maximum Gasteiger partial charge on any atom is 0.261 e. The quantitative estimate of drug-likeness (QED) is 0.605. The Hall–Kier alpha value is -2.89. The van der Waals surface area contributed by atoms with Gasteiger partial charge in [-0.1, -0.05) is 58.0 Å². The number of nitrogens with one attached hydrogen (secondary N) is 1. The first-order chi connectivity index (χ1) is 15.0. The van der Waals surface area contributed by atoms with Crippen LogP contribution in [0, 0.1) is 5.82 Å². The summed E-state index contributed by atoms with van der Waals surface area (Å²) >= 11 is 0. The molecule has 5 nitrogen and oxygen atoms in total. The van der Waals surface area contributed by atoms with Gasteiger partial charge in [-0.05, 0) is 55.0 Å². The minimum Gasteiger partial charge on any atom is -0.483 e. The largest absolute Gasteiger partial charge is 0.483 e. The van der Waals surface area contributed by atoms with Crippen molar-refractivity contribution in [2.24, 2.45) is 0 Å². The Kier molecular flexibility index (Phi) is 8.81. The van der Waals surface area contributed by atoms with Gasteiger partial charge < -0.3 is 15.0 Å². The molecule has 6 heteroatoms. The molecule has 0 unspecified atom stereocenters. The third-order valence-corrected chi connectivity index (χ3v) is 5.13. The lowest BCUT2D eigenvalue weighted by Gasteiger charge is -2.31. The highest BCUT2D eigenvalue weighted by Crippen LogP contribution is 2.31. The summed E-state index contributed by atoms with van der Waals surface area (Å²) in [6.45, 7) is 11.9. The second-order valence-electron chi connectivity index (χ2n) is 9.27. The standard InChI is InChI=1S/C26H35FN2O3/c1-7-22(25(31)28-18(2)3)29(16-19-12-14-20(27)15-13-19)24(30)17-32-23-11-9-8-10-21(23)26(4,5)6/h8-15,18,22H,7,16-17H2,1-6H3,(H,28,31)/t22-/m1/s1. The lowest BCUT2D eigenvalue weighted by molar-refractivity contribution is -0.143. The van der Waals surface area contributed by atoms with Gasteiger partial charge in [-0.2, -0.15) is 0 Å². The lowest BCUT2D eigenvalue weighted by Crippen LogP contribution is -2.51. The number of hydrogen-bond acceptors (Lipinski definition) is 3. The van der Waals surface area contributed by atoms with Crippen molar-refractivity contribution >= 4 is 11.8 Å². The van der Waals surface area contributed by atoms with E-state index in [1.54, 1.807) is 12.1 Å². The molecule has 174 valence electrons. The fourth-order valence-corrected chi connectivity index (χ4v) is 3.52. The van der Waals surface area contributed by atoms with Gasteiger partial charge in [0.25, 0.3) is 5.91 Å². The van der Waals surface area contributed by atoms with Crippen molar-refractivity contribution in [2.45, 2.75) is 72.0 Å². The van der Waals surface area contributed by atoms with Crippen LogP contribution in [0.15, 0.2) is 48.5 Å². The van der Waals surface area contributed by atoms with E-state index in [4.69, 9.17) is 4.74 Å². The van der Waals surface area contributed by atoms with Crippen molar-refractivity contribution in [1.82, 2.24) is 10.2 Å². The Morgan fingerprint density at radius 3 is 2.25 bits per heavy atom. The molecule has 0 radical (unpaired) electrons. The fourth-order valence-electron chi connectivity index (χ4n) is 3.52. The molecule has 0 aromatic heterocycles. The molecule has 2 amide bonds. The van der Waals surface area contributed by atoms with Crippen LogP contribution < -0.4 is 10.1 Å². The molecular formula is C26H35FN2O3. The normalized spacial score (nSPS) is 12.4. The van der Waals surface area contributed by atoms with E-state index in [1.165, 1.54) is 17.0 Å². The van der Waals surface area contributed by atoms with E-state index in [9.17, 15) is 14.0 Å². The highest BCUT2D eigenvalue weighted by molar-refractivity contribution is 5.88. The zero-order chi connectivity index (χ0) is 23.9. The van der Waals surface area contributed by atoms with E-state index in [0.29, 0.717) is 12.2 Å². The molecule has 0 aliphatic heterocycles. The number of rotatable bonds is 9. The number of carbonyl (C=O) groups excluding carboxylic acids is 2. The first-order valence-electron chi connectivity index (χ1n) is 11.1. The van der Waals surface area contributed by atoms with Gasteiger partial charge in [0.05, 0.1) is 0 Å². The van der Waals surface area contributed by atoms with Crippen LogP contribution >= 0.6 is 0 Å². The van der Waals surface area contributed by atoms with Gasteiger partial charge in [0.15, 0.2) is 6.61 Å². The van der Waals surface area contributed by atoms with Crippen LogP contribution in [0.4, 0.5) is 4.39 Å². The van der Waals surface area contributed by atoms with Gasteiger partial charge in [0, 0.05) is 12.6 Å². The molecular weight excluding hydrogens is 407 g/mol. The highest BCUT2D eigenvalue weighted by Gasteiger charge is 2.29. The van der Waals surface area contributed by atoms with Crippen molar-refractivity contribution in [3.63, 3.8) is 0 Å². The van der Waals surface area contributed by atoms with E-state index >= 15 is 0 Å². The van der Waals surface area contributed by atoms with Gasteiger partial charge in [0.1, 0.15) is 17.6 Å². The van der Waals surface area contributed by atoms with Crippen molar-refractivity contribution in [2.75, 3.05) is 6.61 Å². The predicted octanol–water partition coefficient (Wildman–Crippen LogP) is 4.83. The molecule has 1 N–H and O–H groups in total. The second kappa shape index (κ2) is 11.1. The highest BCUT2D eigenvalue weighted by atomic mass is 19.1. The monoisotopic (exact) mass is 442 g/mol. The van der Waals surface area contributed by atoms with Crippen LogP contribution in [0.2, 0.25) is 0 Å². The molecule has 0 saturated carbocycles. The maximum atomic E-state index is 13.4. The molecule has 2 rings (SSSR count). The molecule has 0 saturated heterocycles. The Balaban J connectivity index is 2.27. The summed E-state index contributed by atoms with van der Waals surface area (Å²) in [4.78, 5) is 27.6.